The molecule has 32 heavy (non-hydrogen) atoms. The molecule has 4 N–H and O–H groups in total. The van der Waals surface area contributed by atoms with Gasteiger partial charge in [-0.2, -0.15) is 0 Å². The second-order valence-corrected chi connectivity index (χ2v) is 8.97. The lowest BCUT2D eigenvalue weighted by molar-refractivity contribution is 0.102. The molecular formula is C23H18FN5O2S. The minimum Gasteiger partial charge on any atom is -0.397 e. The van der Waals surface area contributed by atoms with Crippen molar-refractivity contribution in [2.45, 2.75) is 9.79 Å². The number of carbonyl (C=O) groups is 1. The zero-order valence-corrected chi connectivity index (χ0v) is 17.5. The molecule has 0 unspecified atom stereocenters. The lowest BCUT2D eigenvalue weighted by Gasteiger charge is -2.12. The van der Waals surface area contributed by atoms with E-state index in [1.54, 1.807) is 30.3 Å². The van der Waals surface area contributed by atoms with Crippen molar-refractivity contribution >= 4 is 27.0 Å². The van der Waals surface area contributed by atoms with Crippen LogP contribution >= 0.6 is 0 Å². The maximum absolute atomic E-state index is 13.2. The number of nitrogens with two attached hydrogens (primary N) is 1. The number of carbonyl (C=O) groups excluding carboxylic acids is 1. The van der Waals surface area contributed by atoms with Crippen LogP contribution in [-0.2, 0) is 9.73 Å². The minimum absolute atomic E-state index is 0.183. The monoisotopic (exact) mass is 447 g/mol. The first-order valence-corrected chi connectivity index (χ1v) is 11.0. The van der Waals surface area contributed by atoms with Gasteiger partial charge in [-0.05, 0) is 59.7 Å². The summed E-state index contributed by atoms with van der Waals surface area (Å²) >= 11 is 0. The fourth-order valence-corrected chi connectivity index (χ4v) is 4.26. The lowest BCUT2D eigenvalue weighted by atomic mass is 10.0. The summed E-state index contributed by atoms with van der Waals surface area (Å²) in [5.41, 5.74) is 8.65. The largest absolute Gasteiger partial charge is 0.397 e. The Morgan fingerprint density at radius 3 is 2.19 bits per heavy atom. The van der Waals surface area contributed by atoms with Gasteiger partial charge in [0.05, 0.1) is 21.2 Å². The number of anilines is 2. The molecule has 4 rings (SSSR count). The number of nitrogen functional groups attached to an aromatic ring is 1. The van der Waals surface area contributed by atoms with Crippen LogP contribution in [0.2, 0.25) is 0 Å². The Kier molecular flexibility index (Phi) is 5.65. The molecule has 9 heteroatoms. The number of aromatic nitrogens is 2. The van der Waals surface area contributed by atoms with Crippen molar-refractivity contribution in [3.63, 3.8) is 0 Å². The quantitative estimate of drug-likeness (QED) is 0.387. The Balaban J connectivity index is 1.56. The van der Waals surface area contributed by atoms with E-state index in [4.69, 9.17) is 10.5 Å². The zero-order valence-electron chi connectivity index (χ0n) is 16.7. The molecule has 1 amide bonds. The van der Waals surface area contributed by atoms with E-state index in [0.717, 1.165) is 11.1 Å². The maximum atomic E-state index is 13.2. The summed E-state index contributed by atoms with van der Waals surface area (Å²) in [5, 5.41) is 2.76. The first kappa shape index (κ1) is 21.1. The van der Waals surface area contributed by atoms with Crippen LogP contribution in [0, 0.1) is 10.6 Å². The second-order valence-electron chi connectivity index (χ2n) is 6.92. The summed E-state index contributed by atoms with van der Waals surface area (Å²) in [5.74, 6) is -0.753. The molecule has 0 radical (unpaired) electrons. The van der Waals surface area contributed by atoms with Crippen molar-refractivity contribution in [2.75, 3.05) is 11.1 Å². The Morgan fingerprint density at radius 2 is 1.53 bits per heavy atom. The molecule has 0 aliphatic carbocycles. The highest BCUT2D eigenvalue weighted by molar-refractivity contribution is 7.92. The summed E-state index contributed by atoms with van der Waals surface area (Å²) < 4.78 is 34.3. The van der Waals surface area contributed by atoms with Crippen LogP contribution in [0.4, 0.5) is 15.8 Å². The van der Waals surface area contributed by atoms with Crippen LogP contribution in [0.5, 0.6) is 0 Å². The lowest BCUT2D eigenvalue weighted by Crippen LogP contribution is -2.13. The van der Waals surface area contributed by atoms with E-state index in [-0.39, 0.29) is 15.6 Å². The van der Waals surface area contributed by atoms with Crippen molar-refractivity contribution < 1.29 is 13.4 Å². The van der Waals surface area contributed by atoms with E-state index in [9.17, 15) is 13.4 Å². The summed E-state index contributed by atoms with van der Waals surface area (Å²) in [6, 6.07) is 17.1. The van der Waals surface area contributed by atoms with Crippen LogP contribution in [0.15, 0.2) is 95.2 Å². The summed E-state index contributed by atoms with van der Waals surface area (Å²) in [4.78, 5) is 20.8. The zero-order chi connectivity index (χ0) is 22.7. The highest BCUT2D eigenvalue weighted by Gasteiger charge is 2.16. The summed E-state index contributed by atoms with van der Waals surface area (Å²) in [6.45, 7) is 0. The standard InChI is InChI=1S/C23H18FN5O2S/c24-18-6-1-15(2-7-18)17-5-10-21(25)22(11-17)29-23(30)16-3-8-19(9-4-16)32(26,31)20-12-27-14-28-13-20/h1-14,26H,25H2,(H,29,30)/t32-/m0/s1. The van der Waals surface area contributed by atoms with Gasteiger partial charge < -0.3 is 11.1 Å². The third kappa shape index (κ3) is 4.33. The predicted molar refractivity (Wildman–Crippen MR) is 120 cm³/mol. The SMILES string of the molecule is N=[S@](=O)(c1ccc(C(=O)Nc2cc(-c3ccc(F)cc3)ccc2N)cc1)c1cncnc1. The molecule has 1 aromatic heterocycles. The van der Waals surface area contributed by atoms with Crippen LogP contribution in [0.1, 0.15) is 10.4 Å². The normalized spacial score (nSPS) is 12.7. The van der Waals surface area contributed by atoms with E-state index in [1.807, 2.05) is 0 Å². The fourth-order valence-electron chi connectivity index (χ4n) is 3.05. The first-order chi connectivity index (χ1) is 15.3. The van der Waals surface area contributed by atoms with Gasteiger partial charge in [-0.3, -0.25) is 4.79 Å². The Morgan fingerprint density at radius 1 is 0.906 bits per heavy atom. The number of nitrogens with zero attached hydrogens (tertiary/aromatic N) is 2. The molecule has 1 heterocycles. The molecule has 3 aromatic carbocycles. The first-order valence-electron chi connectivity index (χ1n) is 9.45. The number of benzene rings is 3. The summed E-state index contributed by atoms with van der Waals surface area (Å²) in [7, 11) is -3.29. The fraction of sp³-hybridized carbons (Fsp3) is 0. The number of amides is 1. The van der Waals surface area contributed by atoms with E-state index in [1.165, 1.54) is 55.1 Å². The average Bonchev–Trinajstić information content (AvgIpc) is 2.81. The number of halogens is 1. The number of rotatable bonds is 5. The molecule has 1 atom stereocenters. The number of hydrogen-bond acceptors (Lipinski definition) is 6. The summed E-state index contributed by atoms with van der Waals surface area (Å²) in [6.07, 6.45) is 3.96. The van der Waals surface area contributed by atoms with Gasteiger partial charge >= 0.3 is 0 Å². The van der Waals surface area contributed by atoms with Gasteiger partial charge in [0.25, 0.3) is 5.91 Å². The van der Waals surface area contributed by atoms with Gasteiger partial charge in [0.2, 0.25) is 0 Å². The molecule has 4 aromatic rings. The molecule has 0 bridgehead atoms. The minimum atomic E-state index is -3.29. The van der Waals surface area contributed by atoms with Crippen LogP contribution < -0.4 is 11.1 Å². The third-order valence-electron chi connectivity index (χ3n) is 4.80. The molecular weight excluding hydrogens is 429 g/mol. The van der Waals surface area contributed by atoms with E-state index in [2.05, 4.69) is 15.3 Å². The van der Waals surface area contributed by atoms with Crippen molar-refractivity contribution in [3.8, 4) is 11.1 Å². The molecule has 0 aliphatic rings. The second kappa shape index (κ2) is 8.56. The Bertz CT molecular complexity index is 1370. The molecule has 0 saturated heterocycles. The van der Waals surface area contributed by atoms with Crippen molar-refractivity contribution in [3.05, 3.63) is 96.8 Å². The Hall–Kier alpha value is -4.11. The highest BCUT2D eigenvalue weighted by Crippen LogP contribution is 2.28. The van der Waals surface area contributed by atoms with Crippen molar-refractivity contribution in [2.24, 2.45) is 0 Å². The van der Waals surface area contributed by atoms with Gasteiger partial charge in [0.1, 0.15) is 21.9 Å². The highest BCUT2D eigenvalue weighted by atomic mass is 32.2. The van der Waals surface area contributed by atoms with Crippen LogP contribution in [0.3, 0.4) is 0 Å². The van der Waals surface area contributed by atoms with Crippen molar-refractivity contribution in [1.29, 1.82) is 4.78 Å². The average molecular weight is 447 g/mol. The van der Waals surface area contributed by atoms with Crippen LogP contribution in [-0.4, -0.2) is 20.1 Å². The maximum Gasteiger partial charge on any atom is 0.255 e. The topological polar surface area (TPSA) is 122 Å². The third-order valence-corrected chi connectivity index (χ3v) is 6.61. The van der Waals surface area contributed by atoms with Gasteiger partial charge in [-0.1, -0.05) is 18.2 Å². The van der Waals surface area contributed by atoms with E-state index >= 15 is 0 Å². The van der Waals surface area contributed by atoms with E-state index < -0.39 is 15.6 Å². The molecule has 7 nitrogen and oxygen atoms in total. The van der Waals surface area contributed by atoms with E-state index in [0.29, 0.717) is 16.9 Å². The molecule has 0 aliphatic heterocycles. The number of nitrogens with one attached hydrogen (secondary N) is 2. The smallest absolute Gasteiger partial charge is 0.255 e. The van der Waals surface area contributed by atoms with Gasteiger partial charge in [-0.25, -0.2) is 23.3 Å². The molecule has 0 spiro atoms. The van der Waals surface area contributed by atoms with Crippen LogP contribution in [0.25, 0.3) is 11.1 Å². The Labute approximate surface area is 184 Å². The predicted octanol–water partition coefficient (Wildman–Crippen LogP) is 4.58. The molecule has 160 valence electrons. The van der Waals surface area contributed by atoms with Gasteiger partial charge in [0, 0.05) is 18.0 Å². The van der Waals surface area contributed by atoms with Gasteiger partial charge in [-0.15, -0.1) is 0 Å². The van der Waals surface area contributed by atoms with Gasteiger partial charge in [0.15, 0.2) is 0 Å². The molecule has 0 fully saturated rings. The number of hydrogen-bond donors (Lipinski definition) is 3. The van der Waals surface area contributed by atoms with Crippen molar-refractivity contribution in [1.82, 2.24) is 9.97 Å². The molecule has 0 saturated carbocycles.